The number of benzene rings is 1. The summed E-state index contributed by atoms with van der Waals surface area (Å²) in [6.07, 6.45) is 2.05. The van der Waals surface area contributed by atoms with E-state index < -0.39 is 0 Å². The van der Waals surface area contributed by atoms with E-state index in [4.69, 9.17) is 10.5 Å². The molecule has 1 aliphatic carbocycles. The molecule has 4 atom stereocenters. The molecule has 0 unspecified atom stereocenters. The van der Waals surface area contributed by atoms with Crippen LogP contribution in [-0.4, -0.2) is 43.2 Å². The first-order valence-electron chi connectivity index (χ1n) is 8.76. The minimum absolute atomic E-state index is 0. The number of ether oxygens (including phenoxy) is 1. The van der Waals surface area contributed by atoms with Crippen molar-refractivity contribution in [1.29, 1.82) is 0 Å². The number of thiazole rings is 1. The molecule has 150 valence electrons. The fourth-order valence-corrected chi connectivity index (χ4v) is 5.14. The van der Waals surface area contributed by atoms with Gasteiger partial charge in [0.25, 0.3) is 5.91 Å². The molecule has 1 saturated heterocycles. The first-order chi connectivity index (χ1) is 12.0. The molecule has 1 saturated carbocycles. The zero-order valence-electron chi connectivity index (χ0n) is 15.4. The lowest BCUT2D eigenvalue weighted by Crippen LogP contribution is -2.50. The van der Waals surface area contributed by atoms with Gasteiger partial charge in [0.15, 0.2) is 5.13 Å². The Morgan fingerprint density at radius 1 is 1.30 bits per heavy atom. The summed E-state index contributed by atoms with van der Waals surface area (Å²) in [6.45, 7) is 4.07. The van der Waals surface area contributed by atoms with E-state index in [2.05, 4.69) is 15.6 Å². The average molecular weight is 433 g/mol. The molecule has 1 aliphatic heterocycles. The molecule has 0 radical (unpaired) electrons. The van der Waals surface area contributed by atoms with E-state index >= 15 is 0 Å². The van der Waals surface area contributed by atoms with Crippen molar-refractivity contribution in [3.05, 3.63) is 23.3 Å². The van der Waals surface area contributed by atoms with Crippen LogP contribution in [0.4, 0.5) is 5.13 Å². The van der Waals surface area contributed by atoms with Crippen LogP contribution in [0.15, 0.2) is 12.1 Å². The molecule has 1 aromatic carbocycles. The molecule has 4 rings (SSSR count). The normalized spacial score (nSPS) is 26.7. The van der Waals surface area contributed by atoms with E-state index in [-0.39, 0.29) is 42.9 Å². The monoisotopic (exact) mass is 432 g/mol. The smallest absolute Gasteiger partial charge is 0.251 e. The Kier molecular flexibility index (Phi) is 7.33. The lowest BCUT2D eigenvalue weighted by molar-refractivity contribution is 0.0125. The second-order valence-electron chi connectivity index (χ2n) is 7.20. The van der Waals surface area contributed by atoms with E-state index in [1.165, 1.54) is 11.3 Å². The Hall–Kier alpha value is -1.12. The summed E-state index contributed by atoms with van der Waals surface area (Å²) in [5.74, 6) is 1.24. The number of nitrogens with zero attached hydrogens (tertiary/aromatic N) is 1. The van der Waals surface area contributed by atoms with E-state index in [1.807, 2.05) is 19.1 Å². The summed E-state index contributed by atoms with van der Waals surface area (Å²) in [5.41, 5.74) is 8.32. The maximum Gasteiger partial charge on any atom is 0.251 e. The van der Waals surface area contributed by atoms with Crippen molar-refractivity contribution < 1.29 is 9.53 Å². The van der Waals surface area contributed by atoms with Gasteiger partial charge in [-0.3, -0.25) is 4.79 Å². The van der Waals surface area contributed by atoms with Gasteiger partial charge in [-0.15, -0.1) is 24.8 Å². The molecule has 2 aromatic rings. The molecule has 0 spiro atoms. The quantitative estimate of drug-likeness (QED) is 0.693. The fourth-order valence-electron chi connectivity index (χ4n) is 4.29. The Morgan fingerprint density at radius 3 is 2.70 bits per heavy atom. The van der Waals surface area contributed by atoms with Crippen LogP contribution in [0.1, 0.15) is 28.8 Å². The number of nitrogens with one attached hydrogen (secondary N) is 2. The topological polar surface area (TPSA) is 89.3 Å². The molecule has 9 heteroatoms. The van der Waals surface area contributed by atoms with Gasteiger partial charge >= 0.3 is 0 Å². The highest BCUT2D eigenvalue weighted by molar-refractivity contribution is 7.22. The lowest BCUT2D eigenvalue weighted by Gasteiger charge is -2.37. The number of anilines is 1. The number of nitrogens with two attached hydrogens (primary N) is 1. The number of aryl methyl sites for hydroxylation is 1. The summed E-state index contributed by atoms with van der Waals surface area (Å²) in [4.78, 5) is 17.2. The number of hydrogen-bond acceptors (Lipinski definition) is 6. The van der Waals surface area contributed by atoms with Crippen molar-refractivity contribution in [3.8, 4) is 0 Å². The molecule has 4 N–H and O–H groups in total. The van der Waals surface area contributed by atoms with Crippen molar-refractivity contribution in [2.45, 2.75) is 31.9 Å². The maximum atomic E-state index is 12.8. The third-order valence-electron chi connectivity index (χ3n) is 5.60. The standard InChI is InChI=1S/C18H24N4O2S.2ClH/c1-9-3-10(6-15-16(9)22-18(19)25-15)17(23)21-13-4-11-7-20-8-12(11)5-14(13)24-2;;/h3,6,11-14,20H,4-5,7-8H2,1-2H3,(H2,19,22)(H,21,23);2*1H/t11-,12+,13-,14-;;/m0../s1. The number of nitrogen functional groups attached to an aromatic ring is 1. The van der Waals surface area contributed by atoms with Crippen molar-refractivity contribution in [1.82, 2.24) is 15.6 Å². The maximum absolute atomic E-state index is 12.8. The number of methoxy groups -OCH3 is 1. The van der Waals surface area contributed by atoms with Gasteiger partial charge in [-0.2, -0.15) is 0 Å². The molecule has 6 nitrogen and oxygen atoms in total. The summed E-state index contributed by atoms with van der Waals surface area (Å²) in [5, 5.41) is 7.20. The molecule has 2 fully saturated rings. The second kappa shape index (κ2) is 8.92. The minimum Gasteiger partial charge on any atom is -0.379 e. The number of hydrogen-bond donors (Lipinski definition) is 3. The highest BCUT2D eigenvalue weighted by Gasteiger charge is 2.40. The van der Waals surface area contributed by atoms with Crippen LogP contribution in [-0.2, 0) is 4.74 Å². The van der Waals surface area contributed by atoms with Gasteiger partial charge in [0.05, 0.1) is 22.4 Å². The SMILES string of the molecule is CO[C@H]1C[C@@H]2CNC[C@@H]2C[C@@H]1NC(=O)c1cc(C)c2nc(N)sc2c1.Cl.Cl. The van der Waals surface area contributed by atoms with Crippen LogP contribution < -0.4 is 16.4 Å². The van der Waals surface area contributed by atoms with Crippen LogP contribution in [0.2, 0.25) is 0 Å². The number of aromatic nitrogens is 1. The average Bonchev–Trinajstić information content (AvgIpc) is 3.19. The number of fused-ring (bicyclic) bond motifs is 2. The number of halogens is 2. The predicted octanol–water partition coefficient (Wildman–Crippen LogP) is 2.77. The molecule has 2 heterocycles. The van der Waals surface area contributed by atoms with Crippen LogP contribution in [0.5, 0.6) is 0 Å². The van der Waals surface area contributed by atoms with Gasteiger partial charge in [-0.05, 0) is 62.4 Å². The lowest BCUT2D eigenvalue weighted by atomic mass is 9.77. The van der Waals surface area contributed by atoms with E-state index in [1.54, 1.807) is 7.11 Å². The molecule has 1 amide bonds. The van der Waals surface area contributed by atoms with Crippen LogP contribution in [0, 0.1) is 18.8 Å². The molecule has 1 aromatic heterocycles. The first kappa shape index (κ1) is 22.2. The molecule has 27 heavy (non-hydrogen) atoms. The van der Waals surface area contributed by atoms with Crippen molar-refractivity contribution in [2.24, 2.45) is 11.8 Å². The Labute approximate surface area is 175 Å². The molecular formula is C18H26Cl2N4O2S. The third-order valence-corrected chi connectivity index (χ3v) is 6.44. The molecule has 2 aliphatic rings. The predicted molar refractivity (Wildman–Crippen MR) is 114 cm³/mol. The minimum atomic E-state index is -0.0478. The highest BCUT2D eigenvalue weighted by atomic mass is 35.5. The van der Waals surface area contributed by atoms with Gasteiger partial charge in [-0.1, -0.05) is 11.3 Å². The Balaban J connectivity index is 0.00000131. The number of carbonyl (C=O) groups is 1. The van der Waals surface area contributed by atoms with Gasteiger partial charge in [0.2, 0.25) is 0 Å². The van der Waals surface area contributed by atoms with E-state index in [9.17, 15) is 4.79 Å². The van der Waals surface area contributed by atoms with Gasteiger partial charge in [0.1, 0.15) is 0 Å². The number of rotatable bonds is 3. The zero-order chi connectivity index (χ0) is 17.6. The van der Waals surface area contributed by atoms with Crippen LogP contribution >= 0.6 is 36.2 Å². The van der Waals surface area contributed by atoms with Gasteiger partial charge < -0.3 is 21.1 Å². The largest absolute Gasteiger partial charge is 0.379 e. The number of carbonyl (C=O) groups excluding carboxylic acids is 1. The van der Waals surface area contributed by atoms with Gasteiger partial charge in [0, 0.05) is 12.7 Å². The van der Waals surface area contributed by atoms with Crippen molar-refractivity contribution >= 4 is 57.4 Å². The Bertz CT molecular complexity index is 816. The summed E-state index contributed by atoms with van der Waals surface area (Å²) < 4.78 is 6.63. The molecule has 0 bridgehead atoms. The van der Waals surface area contributed by atoms with Crippen molar-refractivity contribution in [3.63, 3.8) is 0 Å². The zero-order valence-corrected chi connectivity index (χ0v) is 17.8. The first-order valence-corrected chi connectivity index (χ1v) is 9.58. The van der Waals surface area contributed by atoms with Crippen molar-refractivity contribution in [2.75, 3.05) is 25.9 Å². The van der Waals surface area contributed by atoms with E-state index in [0.717, 1.165) is 41.7 Å². The Morgan fingerprint density at radius 2 is 2.00 bits per heavy atom. The molecular weight excluding hydrogens is 407 g/mol. The van der Waals surface area contributed by atoms with Gasteiger partial charge in [-0.25, -0.2) is 4.98 Å². The fraction of sp³-hybridized carbons (Fsp3) is 0.556. The van der Waals surface area contributed by atoms with Crippen LogP contribution in [0.3, 0.4) is 0 Å². The summed E-state index contributed by atoms with van der Waals surface area (Å²) in [7, 11) is 1.74. The second-order valence-corrected chi connectivity index (χ2v) is 8.26. The third kappa shape index (κ3) is 4.32. The summed E-state index contributed by atoms with van der Waals surface area (Å²) >= 11 is 1.42. The number of amides is 1. The summed E-state index contributed by atoms with van der Waals surface area (Å²) in [6, 6.07) is 3.83. The van der Waals surface area contributed by atoms with Crippen LogP contribution in [0.25, 0.3) is 10.2 Å². The highest BCUT2D eigenvalue weighted by Crippen LogP contribution is 2.34. The van der Waals surface area contributed by atoms with E-state index in [0.29, 0.717) is 22.5 Å².